The van der Waals surface area contributed by atoms with Crippen LogP contribution < -0.4 is 0 Å². The molecule has 0 saturated carbocycles. The Kier molecular flexibility index (Phi) is 3.39. The Labute approximate surface area is 98.0 Å². The Morgan fingerprint density at radius 1 is 1.38 bits per heavy atom. The molecular formula is C14H20N2. The molecule has 0 unspecified atom stereocenters. The molecule has 2 heteroatoms. The number of pyridine rings is 1. The zero-order chi connectivity index (χ0) is 11.5. The van der Waals surface area contributed by atoms with Crippen LogP contribution in [0.1, 0.15) is 30.3 Å². The summed E-state index contributed by atoms with van der Waals surface area (Å²) in [6.45, 7) is 6.48. The van der Waals surface area contributed by atoms with Gasteiger partial charge in [0.1, 0.15) is 0 Å². The fourth-order valence-electron chi connectivity index (χ4n) is 2.15. The molecule has 0 amide bonds. The molecule has 1 aromatic heterocycles. The molecule has 0 saturated heterocycles. The summed E-state index contributed by atoms with van der Waals surface area (Å²) in [5.41, 5.74) is 5.11. The summed E-state index contributed by atoms with van der Waals surface area (Å²) < 4.78 is 0. The highest BCUT2D eigenvalue weighted by atomic mass is 15.1. The Bertz CT molecular complexity index is 407. The lowest BCUT2D eigenvalue weighted by molar-refractivity contribution is 0.369. The second-order valence-electron chi connectivity index (χ2n) is 4.54. The number of aromatic nitrogens is 1. The molecule has 2 rings (SSSR count). The molecule has 0 aliphatic carbocycles. The first-order chi connectivity index (χ1) is 7.70. The van der Waals surface area contributed by atoms with Crippen molar-refractivity contribution < 1.29 is 0 Å². The van der Waals surface area contributed by atoms with E-state index in [9.17, 15) is 0 Å². The van der Waals surface area contributed by atoms with Gasteiger partial charge in [0, 0.05) is 18.8 Å². The summed E-state index contributed by atoms with van der Waals surface area (Å²) in [5, 5.41) is 0. The van der Waals surface area contributed by atoms with Gasteiger partial charge >= 0.3 is 0 Å². The molecule has 1 aromatic rings. The number of nitrogens with zero attached hydrogens (tertiary/aromatic N) is 2. The Balaban J connectivity index is 2.25. The van der Waals surface area contributed by atoms with Crippen LogP contribution in [0.2, 0.25) is 0 Å². The Hall–Kier alpha value is -1.15. The molecule has 1 aliphatic heterocycles. The minimum absolute atomic E-state index is 1.05. The summed E-state index contributed by atoms with van der Waals surface area (Å²) >= 11 is 0. The minimum Gasteiger partial charge on any atom is -0.302 e. The second-order valence-corrected chi connectivity index (χ2v) is 4.54. The lowest BCUT2D eigenvalue weighted by Crippen LogP contribution is -2.23. The van der Waals surface area contributed by atoms with Gasteiger partial charge in [0.15, 0.2) is 0 Å². The van der Waals surface area contributed by atoms with E-state index in [1.165, 1.54) is 22.5 Å². The summed E-state index contributed by atoms with van der Waals surface area (Å²) in [6.07, 6.45) is 4.49. The highest BCUT2D eigenvalue weighted by molar-refractivity contribution is 5.64. The maximum absolute atomic E-state index is 4.71. The average molecular weight is 216 g/mol. The molecule has 2 heterocycles. The van der Waals surface area contributed by atoms with Crippen molar-refractivity contribution in [1.82, 2.24) is 9.88 Å². The molecule has 0 radical (unpaired) electrons. The van der Waals surface area contributed by atoms with Crippen molar-refractivity contribution in [1.29, 1.82) is 0 Å². The van der Waals surface area contributed by atoms with Crippen LogP contribution in [0.15, 0.2) is 18.2 Å². The van der Waals surface area contributed by atoms with Crippen LogP contribution in [0.25, 0.3) is 5.57 Å². The third-order valence-corrected chi connectivity index (χ3v) is 3.32. The van der Waals surface area contributed by atoms with Gasteiger partial charge in [-0.15, -0.1) is 0 Å². The monoisotopic (exact) mass is 216 g/mol. The van der Waals surface area contributed by atoms with Gasteiger partial charge in [0.2, 0.25) is 0 Å². The SMILES string of the molecule is CCc1ccc(C2=CCN(C)CC2)nc1C. The molecule has 86 valence electrons. The third kappa shape index (κ3) is 2.33. The molecule has 0 spiro atoms. The Morgan fingerprint density at radius 3 is 2.75 bits per heavy atom. The van der Waals surface area contributed by atoms with Crippen LogP contribution >= 0.6 is 0 Å². The van der Waals surface area contributed by atoms with E-state index in [0.717, 1.165) is 25.9 Å². The van der Waals surface area contributed by atoms with Crippen LogP contribution in [0, 0.1) is 6.92 Å². The topological polar surface area (TPSA) is 16.1 Å². The van der Waals surface area contributed by atoms with Crippen molar-refractivity contribution in [3.8, 4) is 0 Å². The van der Waals surface area contributed by atoms with Gasteiger partial charge in [-0.05, 0) is 44.0 Å². The standard InChI is InChI=1S/C14H20N2/c1-4-12-5-6-14(15-11(12)2)13-7-9-16(3)10-8-13/h5-7H,4,8-10H2,1-3H3. The van der Waals surface area contributed by atoms with Crippen molar-refractivity contribution in [2.45, 2.75) is 26.7 Å². The van der Waals surface area contributed by atoms with Crippen LogP contribution in [-0.4, -0.2) is 30.0 Å². The van der Waals surface area contributed by atoms with Gasteiger partial charge < -0.3 is 4.90 Å². The second kappa shape index (κ2) is 4.79. The van der Waals surface area contributed by atoms with Crippen LogP contribution in [-0.2, 0) is 6.42 Å². The highest BCUT2D eigenvalue weighted by Crippen LogP contribution is 2.21. The predicted octanol–water partition coefficient (Wildman–Crippen LogP) is 2.67. The largest absolute Gasteiger partial charge is 0.302 e. The summed E-state index contributed by atoms with van der Waals surface area (Å²) in [4.78, 5) is 7.04. The fraction of sp³-hybridized carbons (Fsp3) is 0.500. The maximum Gasteiger partial charge on any atom is 0.0662 e. The van der Waals surface area contributed by atoms with Gasteiger partial charge in [0.25, 0.3) is 0 Å². The molecule has 1 aliphatic rings. The first-order valence-electron chi connectivity index (χ1n) is 6.05. The molecule has 0 atom stereocenters. The molecule has 0 N–H and O–H groups in total. The maximum atomic E-state index is 4.71. The highest BCUT2D eigenvalue weighted by Gasteiger charge is 2.11. The Morgan fingerprint density at radius 2 is 2.19 bits per heavy atom. The van der Waals surface area contributed by atoms with E-state index in [4.69, 9.17) is 4.98 Å². The van der Waals surface area contributed by atoms with Crippen molar-refractivity contribution in [2.75, 3.05) is 20.1 Å². The number of hydrogen-bond donors (Lipinski definition) is 0. The zero-order valence-corrected chi connectivity index (χ0v) is 10.5. The zero-order valence-electron chi connectivity index (χ0n) is 10.5. The molecule has 0 bridgehead atoms. The summed E-state index contributed by atoms with van der Waals surface area (Å²) in [5.74, 6) is 0. The van der Waals surface area contributed by atoms with E-state index in [0.29, 0.717) is 0 Å². The minimum atomic E-state index is 1.05. The number of aryl methyl sites for hydroxylation is 2. The first kappa shape index (κ1) is 11.3. The van der Waals surface area contributed by atoms with Gasteiger partial charge in [-0.3, -0.25) is 4.98 Å². The van der Waals surface area contributed by atoms with Crippen molar-refractivity contribution in [2.24, 2.45) is 0 Å². The van der Waals surface area contributed by atoms with Gasteiger partial charge in [-0.2, -0.15) is 0 Å². The van der Waals surface area contributed by atoms with Gasteiger partial charge in [0.05, 0.1) is 5.69 Å². The quantitative estimate of drug-likeness (QED) is 0.755. The average Bonchev–Trinajstić information content (AvgIpc) is 2.30. The van der Waals surface area contributed by atoms with Crippen LogP contribution in [0.4, 0.5) is 0 Å². The van der Waals surface area contributed by atoms with Crippen molar-refractivity contribution in [3.05, 3.63) is 35.2 Å². The lowest BCUT2D eigenvalue weighted by Gasteiger charge is -2.21. The number of likely N-dealkylation sites (N-methyl/N-ethyl adjacent to an activating group) is 1. The van der Waals surface area contributed by atoms with E-state index >= 15 is 0 Å². The lowest BCUT2D eigenvalue weighted by atomic mass is 10.0. The predicted molar refractivity (Wildman–Crippen MR) is 68.4 cm³/mol. The molecular weight excluding hydrogens is 196 g/mol. The van der Waals surface area contributed by atoms with E-state index < -0.39 is 0 Å². The molecule has 16 heavy (non-hydrogen) atoms. The molecule has 2 nitrogen and oxygen atoms in total. The van der Waals surface area contributed by atoms with Crippen LogP contribution in [0.3, 0.4) is 0 Å². The fourth-order valence-corrected chi connectivity index (χ4v) is 2.15. The third-order valence-electron chi connectivity index (χ3n) is 3.32. The van der Waals surface area contributed by atoms with E-state index in [-0.39, 0.29) is 0 Å². The van der Waals surface area contributed by atoms with Gasteiger partial charge in [-0.1, -0.05) is 19.1 Å². The van der Waals surface area contributed by atoms with Gasteiger partial charge in [-0.25, -0.2) is 0 Å². The van der Waals surface area contributed by atoms with E-state index in [1.54, 1.807) is 0 Å². The first-order valence-corrected chi connectivity index (χ1v) is 6.05. The van der Waals surface area contributed by atoms with Crippen molar-refractivity contribution in [3.63, 3.8) is 0 Å². The van der Waals surface area contributed by atoms with Crippen molar-refractivity contribution >= 4 is 5.57 Å². The van der Waals surface area contributed by atoms with E-state index in [1.807, 2.05) is 0 Å². The van der Waals surface area contributed by atoms with Crippen LogP contribution in [0.5, 0.6) is 0 Å². The van der Waals surface area contributed by atoms with E-state index in [2.05, 4.69) is 44.0 Å². The number of hydrogen-bond acceptors (Lipinski definition) is 2. The summed E-state index contributed by atoms with van der Waals surface area (Å²) in [6, 6.07) is 4.39. The normalized spacial score (nSPS) is 17.3. The molecule has 0 fully saturated rings. The summed E-state index contributed by atoms with van der Waals surface area (Å²) in [7, 11) is 2.16. The number of rotatable bonds is 2. The smallest absolute Gasteiger partial charge is 0.0662 e. The molecule has 0 aromatic carbocycles.